The summed E-state index contributed by atoms with van der Waals surface area (Å²) in [5.74, 6) is -4.19. The van der Waals surface area contributed by atoms with E-state index in [9.17, 15) is 23.9 Å². The summed E-state index contributed by atoms with van der Waals surface area (Å²) in [6.07, 6.45) is 4.02. The van der Waals surface area contributed by atoms with Crippen LogP contribution in [-0.4, -0.2) is 22.9 Å². The molecule has 0 saturated carbocycles. The highest BCUT2D eigenvalue weighted by Crippen LogP contribution is 2.28. The fraction of sp³-hybridized carbons (Fsp3) is 0.312. The van der Waals surface area contributed by atoms with Crippen LogP contribution in [0.4, 0.5) is 15.8 Å². The van der Waals surface area contributed by atoms with Gasteiger partial charge in [0.1, 0.15) is 5.82 Å². The van der Waals surface area contributed by atoms with Gasteiger partial charge in [0.25, 0.3) is 0 Å². The van der Waals surface area contributed by atoms with E-state index in [0.717, 1.165) is 6.07 Å². The van der Waals surface area contributed by atoms with Gasteiger partial charge < -0.3 is 15.7 Å². The lowest BCUT2D eigenvalue weighted by Gasteiger charge is -2.24. The van der Waals surface area contributed by atoms with Gasteiger partial charge in [-0.15, -0.1) is 0 Å². The molecule has 122 valence electrons. The summed E-state index contributed by atoms with van der Waals surface area (Å²) in [5.41, 5.74) is 0.243. The molecule has 2 amide bonds. The minimum absolute atomic E-state index is 0.0973. The van der Waals surface area contributed by atoms with Gasteiger partial charge in [-0.2, -0.15) is 0 Å². The average Bonchev–Trinajstić information content (AvgIpc) is 2.50. The van der Waals surface area contributed by atoms with Gasteiger partial charge in [-0.1, -0.05) is 12.2 Å². The molecule has 2 unspecified atom stereocenters. The van der Waals surface area contributed by atoms with Crippen molar-refractivity contribution in [3.05, 3.63) is 36.2 Å². The number of halogens is 1. The van der Waals surface area contributed by atoms with Gasteiger partial charge in [-0.3, -0.25) is 14.4 Å². The van der Waals surface area contributed by atoms with E-state index in [4.69, 9.17) is 0 Å². The number of carboxylic acids is 1. The van der Waals surface area contributed by atoms with Crippen molar-refractivity contribution < 1.29 is 23.9 Å². The number of hydrogen-bond acceptors (Lipinski definition) is 3. The zero-order valence-electron chi connectivity index (χ0n) is 12.5. The standard InChI is InChI=1S/C16H17FN2O4/c1-9(20)18-10-6-7-13(17)14(8-10)19-15(21)11-4-2-3-5-12(11)16(22)23/h2-3,6-8,11-12H,4-5H2,1H3,(H,18,20)(H,19,21)(H,22,23). The Morgan fingerprint density at radius 3 is 2.39 bits per heavy atom. The third-order valence-corrected chi connectivity index (χ3v) is 3.63. The van der Waals surface area contributed by atoms with Crippen LogP contribution in [0.2, 0.25) is 0 Å². The van der Waals surface area contributed by atoms with Crippen molar-refractivity contribution in [2.75, 3.05) is 10.6 Å². The van der Waals surface area contributed by atoms with Crippen LogP contribution >= 0.6 is 0 Å². The number of rotatable bonds is 4. The summed E-state index contributed by atoms with van der Waals surface area (Å²) in [4.78, 5) is 34.6. The predicted molar refractivity (Wildman–Crippen MR) is 82.3 cm³/mol. The van der Waals surface area contributed by atoms with Crippen molar-refractivity contribution in [1.29, 1.82) is 0 Å². The molecular formula is C16H17FN2O4. The number of hydrogen-bond donors (Lipinski definition) is 3. The molecule has 1 aromatic rings. The summed E-state index contributed by atoms with van der Waals surface area (Å²) >= 11 is 0. The third-order valence-electron chi connectivity index (χ3n) is 3.63. The van der Waals surface area contributed by atoms with Crippen molar-refractivity contribution in [3.63, 3.8) is 0 Å². The Bertz CT molecular complexity index is 672. The van der Waals surface area contributed by atoms with E-state index in [0.29, 0.717) is 5.69 Å². The Morgan fingerprint density at radius 1 is 1.13 bits per heavy atom. The molecule has 0 aliphatic heterocycles. The number of carbonyl (C=O) groups excluding carboxylic acids is 2. The summed E-state index contributed by atoms with van der Waals surface area (Å²) < 4.78 is 13.8. The maximum atomic E-state index is 13.8. The molecule has 2 atom stereocenters. The van der Waals surface area contributed by atoms with E-state index in [1.165, 1.54) is 19.1 Å². The Morgan fingerprint density at radius 2 is 1.78 bits per heavy atom. The van der Waals surface area contributed by atoms with Gasteiger partial charge in [0.05, 0.1) is 17.5 Å². The highest BCUT2D eigenvalue weighted by Gasteiger charge is 2.34. The van der Waals surface area contributed by atoms with Crippen LogP contribution in [0.25, 0.3) is 0 Å². The molecule has 0 heterocycles. The van der Waals surface area contributed by atoms with Crippen molar-refractivity contribution in [2.24, 2.45) is 11.8 Å². The SMILES string of the molecule is CC(=O)Nc1ccc(F)c(NC(=O)C2CC=CCC2C(=O)O)c1. The maximum absolute atomic E-state index is 13.8. The van der Waals surface area contributed by atoms with Crippen molar-refractivity contribution in [1.82, 2.24) is 0 Å². The van der Waals surface area contributed by atoms with Crippen LogP contribution < -0.4 is 10.6 Å². The Kier molecular flexibility index (Phi) is 5.10. The van der Waals surface area contributed by atoms with E-state index in [2.05, 4.69) is 10.6 Å². The summed E-state index contributed by atoms with van der Waals surface area (Å²) in [6, 6.07) is 3.79. The van der Waals surface area contributed by atoms with Crippen LogP contribution in [0.5, 0.6) is 0 Å². The molecule has 0 bridgehead atoms. The van der Waals surface area contributed by atoms with Crippen molar-refractivity contribution in [2.45, 2.75) is 19.8 Å². The summed E-state index contributed by atoms with van der Waals surface area (Å²) in [7, 11) is 0. The minimum Gasteiger partial charge on any atom is -0.481 e. The molecule has 7 heteroatoms. The Balaban J connectivity index is 2.17. The number of carboxylic acid groups (broad SMARTS) is 1. The molecular weight excluding hydrogens is 303 g/mol. The molecule has 23 heavy (non-hydrogen) atoms. The van der Waals surface area contributed by atoms with Gasteiger partial charge in [0.2, 0.25) is 11.8 Å². The monoisotopic (exact) mass is 320 g/mol. The molecule has 0 saturated heterocycles. The lowest BCUT2D eigenvalue weighted by molar-refractivity contribution is -0.146. The van der Waals surface area contributed by atoms with Gasteiger partial charge in [0.15, 0.2) is 0 Å². The number of benzene rings is 1. The first-order valence-corrected chi connectivity index (χ1v) is 7.14. The zero-order valence-corrected chi connectivity index (χ0v) is 12.5. The van der Waals surface area contributed by atoms with Crippen molar-refractivity contribution in [3.8, 4) is 0 Å². The van der Waals surface area contributed by atoms with Gasteiger partial charge in [0, 0.05) is 12.6 Å². The molecule has 3 N–H and O–H groups in total. The van der Waals surface area contributed by atoms with Crippen molar-refractivity contribution >= 4 is 29.2 Å². The molecule has 1 aliphatic carbocycles. The normalized spacial score (nSPS) is 19.9. The van der Waals surface area contributed by atoms with Crippen LogP contribution in [0.1, 0.15) is 19.8 Å². The highest BCUT2D eigenvalue weighted by atomic mass is 19.1. The number of allylic oxidation sites excluding steroid dienone is 2. The number of anilines is 2. The molecule has 6 nitrogen and oxygen atoms in total. The molecule has 0 radical (unpaired) electrons. The average molecular weight is 320 g/mol. The summed E-state index contributed by atoms with van der Waals surface area (Å²) in [6.45, 7) is 1.31. The Labute approximate surface area is 132 Å². The lowest BCUT2D eigenvalue weighted by Crippen LogP contribution is -2.34. The number of nitrogens with one attached hydrogen (secondary N) is 2. The second kappa shape index (κ2) is 7.04. The molecule has 0 aromatic heterocycles. The van der Waals surface area contributed by atoms with E-state index in [-0.39, 0.29) is 24.4 Å². The number of carbonyl (C=O) groups is 3. The third kappa shape index (κ3) is 4.15. The van der Waals surface area contributed by atoms with E-state index in [1.807, 2.05) is 0 Å². The zero-order chi connectivity index (χ0) is 17.0. The fourth-order valence-electron chi connectivity index (χ4n) is 2.50. The highest BCUT2D eigenvalue weighted by molar-refractivity contribution is 5.96. The van der Waals surface area contributed by atoms with Gasteiger partial charge in [-0.25, -0.2) is 4.39 Å². The first-order valence-electron chi connectivity index (χ1n) is 7.14. The molecule has 0 spiro atoms. The van der Waals surface area contributed by atoms with Crippen LogP contribution in [0.15, 0.2) is 30.4 Å². The van der Waals surface area contributed by atoms with E-state index in [1.54, 1.807) is 12.2 Å². The largest absolute Gasteiger partial charge is 0.481 e. The van der Waals surface area contributed by atoms with E-state index < -0.39 is 29.5 Å². The second-order valence-electron chi connectivity index (χ2n) is 5.36. The quantitative estimate of drug-likeness (QED) is 0.742. The molecule has 2 rings (SSSR count). The summed E-state index contributed by atoms with van der Waals surface area (Å²) in [5, 5.41) is 14.1. The minimum atomic E-state index is -1.05. The Hall–Kier alpha value is -2.70. The second-order valence-corrected chi connectivity index (χ2v) is 5.36. The number of amides is 2. The van der Waals surface area contributed by atoms with E-state index >= 15 is 0 Å². The maximum Gasteiger partial charge on any atom is 0.307 e. The van der Waals surface area contributed by atoms with Crippen LogP contribution in [-0.2, 0) is 14.4 Å². The topological polar surface area (TPSA) is 95.5 Å². The van der Waals surface area contributed by atoms with Crippen LogP contribution in [0.3, 0.4) is 0 Å². The molecule has 0 fully saturated rings. The fourth-order valence-corrected chi connectivity index (χ4v) is 2.50. The number of aliphatic carboxylic acids is 1. The van der Waals surface area contributed by atoms with Gasteiger partial charge in [-0.05, 0) is 31.0 Å². The molecule has 1 aliphatic rings. The predicted octanol–water partition coefficient (Wildman–Crippen LogP) is 2.39. The first kappa shape index (κ1) is 16.7. The first-order chi connectivity index (χ1) is 10.9. The molecule has 1 aromatic carbocycles. The lowest BCUT2D eigenvalue weighted by atomic mass is 9.82. The van der Waals surface area contributed by atoms with Gasteiger partial charge >= 0.3 is 5.97 Å². The smallest absolute Gasteiger partial charge is 0.307 e. The van der Waals surface area contributed by atoms with Crippen LogP contribution in [0, 0.1) is 17.7 Å².